The molecule has 0 spiro atoms. The van der Waals surface area contributed by atoms with Crippen LogP contribution in [0.5, 0.6) is 0 Å². The third kappa shape index (κ3) is 3.10. The standard InChI is InChI=1S/C13H18N4OS2/c1-4-17(3)13-16-11(14)10(20-13)12(18)15-7-9-8(2)5-6-19-9/h5-6H,4,7,14H2,1-3H3,(H,15,18). The van der Waals surface area contributed by atoms with E-state index in [-0.39, 0.29) is 5.91 Å². The first-order valence-electron chi connectivity index (χ1n) is 6.31. The summed E-state index contributed by atoms with van der Waals surface area (Å²) in [7, 11) is 1.93. The summed E-state index contributed by atoms with van der Waals surface area (Å²) < 4.78 is 0. The lowest BCUT2D eigenvalue weighted by Gasteiger charge is -2.10. The zero-order valence-corrected chi connectivity index (χ0v) is 13.4. The predicted molar refractivity (Wildman–Crippen MR) is 85.7 cm³/mol. The van der Waals surface area contributed by atoms with Gasteiger partial charge in [-0.1, -0.05) is 11.3 Å². The number of thiophene rings is 1. The number of nitrogen functional groups attached to an aromatic ring is 1. The van der Waals surface area contributed by atoms with Crippen LogP contribution in [0.4, 0.5) is 10.9 Å². The third-order valence-electron chi connectivity index (χ3n) is 3.03. The van der Waals surface area contributed by atoms with Crippen LogP contribution in [-0.2, 0) is 6.54 Å². The van der Waals surface area contributed by atoms with Gasteiger partial charge in [-0.2, -0.15) is 0 Å². The van der Waals surface area contributed by atoms with Gasteiger partial charge in [0.1, 0.15) is 10.7 Å². The van der Waals surface area contributed by atoms with Crippen LogP contribution in [0.1, 0.15) is 27.0 Å². The molecule has 2 rings (SSSR count). The Morgan fingerprint density at radius 2 is 2.30 bits per heavy atom. The molecule has 0 unspecified atom stereocenters. The maximum atomic E-state index is 12.2. The molecule has 5 nitrogen and oxygen atoms in total. The largest absolute Gasteiger partial charge is 0.382 e. The molecule has 3 N–H and O–H groups in total. The number of carbonyl (C=O) groups is 1. The Bertz CT molecular complexity index is 605. The molecule has 0 atom stereocenters. The summed E-state index contributed by atoms with van der Waals surface area (Å²) in [5.74, 6) is 0.134. The van der Waals surface area contributed by atoms with Crippen molar-refractivity contribution in [2.75, 3.05) is 24.2 Å². The zero-order chi connectivity index (χ0) is 14.7. The van der Waals surface area contributed by atoms with Gasteiger partial charge >= 0.3 is 0 Å². The van der Waals surface area contributed by atoms with Crippen molar-refractivity contribution in [1.29, 1.82) is 0 Å². The van der Waals surface area contributed by atoms with Crippen LogP contribution in [0.3, 0.4) is 0 Å². The molecule has 0 aliphatic carbocycles. The number of nitrogens with two attached hydrogens (primary N) is 1. The first-order valence-corrected chi connectivity index (χ1v) is 8.01. The van der Waals surface area contributed by atoms with Gasteiger partial charge in [-0.25, -0.2) is 4.98 Å². The Hall–Kier alpha value is -1.60. The minimum Gasteiger partial charge on any atom is -0.382 e. The number of nitrogens with zero attached hydrogens (tertiary/aromatic N) is 2. The molecule has 0 saturated carbocycles. The number of hydrogen-bond donors (Lipinski definition) is 2. The summed E-state index contributed by atoms with van der Waals surface area (Å²) in [5, 5.41) is 5.68. The van der Waals surface area contributed by atoms with Gasteiger partial charge in [-0.15, -0.1) is 11.3 Å². The Balaban J connectivity index is 2.06. The summed E-state index contributed by atoms with van der Waals surface area (Å²) >= 11 is 2.96. The van der Waals surface area contributed by atoms with Gasteiger partial charge in [0.05, 0.1) is 6.54 Å². The maximum absolute atomic E-state index is 12.2. The van der Waals surface area contributed by atoms with Crippen molar-refractivity contribution in [2.45, 2.75) is 20.4 Å². The average molecular weight is 310 g/mol. The summed E-state index contributed by atoms with van der Waals surface area (Å²) in [6.45, 7) is 5.41. The van der Waals surface area contributed by atoms with E-state index in [1.165, 1.54) is 16.9 Å². The van der Waals surface area contributed by atoms with Gasteiger partial charge in [0.15, 0.2) is 5.13 Å². The Morgan fingerprint density at radius 3 is 2.90 bits per heavy atom. The van der Waals surface area contributed by atoms with Crippen molar-refractivity contribution in [1.82, 2.24) is 10.3 Å². The van der Waals surface area contributed by atoms with Gasteiger partial charge in [-0.05, 0) is 30.9 Å². The summed E-state index contributed by atoms with van der Waals surface area (Å²) in [6.07, 6.45) is 0. The monoisotopic (exact) mass is 310 g/mol. The molecule has 0 aliphatic rings. The zero-order valence-electron chi connectivity index (χ0n) is 11.8. The fraction of sp³-hybridized carbons (Fsp3) is 0.385. The van der Waals surface area contributed by atoms with E-state index >= 15 is 0 Å². The van der Waals surface area contributed by atoms with Crippen molar-refractivity contribution in [3.8, 4) is 0 Å². The van der Waals surface area contributed by atoms with E-state index in [0.29, 0.717) is 17.2 Å². The second-order valence-electron chi connectivity index (χ2n) is 4.43. The summed E-state index contributed by atoms with van der Waals surface area (Å²) in [4.78, 5) is 20.0. The van der Waals surface area contributed by atoms with Crippen LogP contribution in [0.2, 0.25) is 0 Å². The van der Waals surface area contributed by atoms with Gasteiger partial charge in [0.25, 0.3) is 5.91 Å². The van der Waals surface area contributed by atoms with Crippen LogP contribution in [0, 0.1) is 6.92 Å². The van der Waals surface area contributed by atoms with E-state index in [9.17, 15) is 4.79 Å². The number of hydrogen-bond acceptors (Lipinski definition) is 6. The molecule has 108 valence electrons. The second-order valence-corrected chi connectivity index (χ2v) is 6.41. The molecule has 0 saturated heterocycles. The van der Waals surface area contributed by atoms with Crippen LogP contribution in [0.25, 0.3) is 0 Å². The highest BCUT2D eigenvalue weighted by Gasteiger charge is 2.17. The Labute approximate surface area is 126 Å². The number of aromatic nitrogens is 1. The number of rotatable bonds is 5. The third-order valence-corrected chi connectivity index (χ3v) is 5.23. The summed E-state index contributed by atoms with van der Waals surface area (Å²) in [5.41, 5.74) is 7.02. The number of carbonyl (C=O) groups excluding carboxylic acids is 1. The molecular formula is C13H18N4OS2. The molecule has 2 heterocycles. The van der Waals surface area contributed by atoms with Gasteiger partial charge in [0, 0.05) is 18.5 Å². The highest BCUT2D eigenvalue weighted by molar-refractivity contribution is 7.18. The molecule has 20 heavy (non-hydrogen) atoms. The van der Waals surface area contributed by atoms with Crippen molar-refractivity contribution in [3.63, 3.8) is 0 Å². The van der Waals surface area contributed by atoms with Crippen molar-refractivity contribution in [3.05, 3.63) is 26.8 Å². The molecule has 7 heteroatoms. The highest BCUT2D eigenvalue weighted by atomic mass is 32.1. The maximum Gasteiger partial charge on any atom is 0.265 e. The van der Waals surface area contributed by atoms with E-state index in [0.717, 1.165) is 16.6 Å². The fourth-order valence-corrected chi connectivity index (χ4v) is 3.38. The van der Waals surface area contributed by atoms with Crippen LogP contribution < -0.4 is 16.0 Å². The molecule has 0 aromatic carbocycles. The highest BCUT2D eigenvalue weighted by Crippen LogP contribution is 2.27. The Morgan fingerprint density at radius 1 is 1.55 bits per heavy atom. The first-order chi connectivity index (χ1) is 9.52. The minimum absolute atomic E-state index is 0.163. The lowest BCUT2D eigenvalue weighted by atomic mass is 10.3. The number of amides is 1. The number of nitrogens with one attached hydrogen (secondary N) is 1. The van der Waals surface area contributed by atoms with E-state index in [2.05, 4.69) is 10.3 Å². The first kappa shape index (κ1) is 14.8. The minimum atomic E-state index is -0.163. The van der Waals surface area contributed by atoms with Crippen molar-refractivity contribution < 1.29 is 4.79 Å². The van der Waals surface area contributed by atoms with E-state index in [4.69, 9.17) is 5.73 Å². The van der Waals surface area contributed by atoms with E-state index < -0.39 is 0 Å². The number of aryl methyl sites for hydroxylation is 1. The molecule has 0 radical (unpaired) electrons. The van der Waals surface area contributed by atoms with Crippen molar-refractivity contribution >= 4 is 39.5 Å². The van der Waals surface area contributed by atoms with Gasteiger partial charge in [0.2, 0.25) is 0 Å². The SMILES string of the molecule is CCN(C)c1nc(N)c(C(=O)NCc2sccc2C)s1. The fourth-order valence-electron chi connectivity index (χ4n) is 1.61. The smallest absolute Gasteiger partial charge is 0.265 e. The molecule has 0 fully saturated rings. The Kier molecular flexibility index (Phi) is 4.61. The molecule has 2 aromatic rings. The summed E-state index contributed by atoms with van der Waals surface area (Å²) in [6, 6.07) is 2.04. The van der Waals surface area contributed by atoms with Gasteiger partial charge < -0.3 is 16.0 Å². The quantitative estimate of drug-likeness (QED) is 0.890. The van der Waals surface area contributed by atoms with Crippen molar-refractivity contribution in [2.24, 2.45) is 0 Å². The van der Waals surface area contributed by atoms with E-state index in [1.807, 2.05) is 37.2 Å². The molecule has 2 aromatic heterocycles. The van der Waals surface area contributed by atoms with Crippen LogP contribution in [-0.4, -0.2) is 24.5 Å². The lowest BCUT2D eigenvalue weighted by molar-refractivity contribution is 0.0956. The predicted octanol–water partition coefficient (Wildman–Crippen LogP) is 2.48. The average Bonchev–Trinajstić information content (AvgIpc) is 3.01. The number of thiazole rings is 1. The lowest BCUT2D eigenvalue weighted by Crippen LogP contribution is -2.22. The molecule has 0 bridgehead atoms. The second kappa shape index (κ2) is 6.23. The number of anilines is 2. The van der Waals surface area contributed by atoms with Gasteiger partial charge in [-0.3, -0.25) is 4.79 Å². The molecule has 1 amide bonds. The molecular weight excluding hydrogens is 292 g/mol. The van der Waals surface area contributed by atoms with Crippen LogP contribution >= 0.6 is 22.7 Å². The van der Waals surface area contributed by atoms with E-state index in [1.54, 1.807) is 11.3 Å². The van der Waals surface area contributed by atoms with Crippen LogP contribution in [0.15, 0.2) is 11.4 Å². The topological polar surface area (TPSA) is 71.2 Å². The molecule has 0 aliphatic heterocycles. The normalized spacial score (nSPS) is 10.6.